The molecule has 0 spiro atoms. The molecule has 1 fully saturated rings. The molecule has 6 heteroatoms. The van der Waals surface area contributed by atoms with Crippen molar-refractivity contribution in [2.45, 2.75) is 52.6 Å². The van der Waals surface area contributed by atoms with Crippen molar-refractivity contribution < 1.29 is 14.3 Å². The van der Waals surface area contributed by atoms with Crippen LogP contribution in [0.4, 0.5) is 0 Å². The largest absolute Gasteiger partial charge is 0.440 e. The molecule has 1 saturated heterocycles. The minimum atomic E-state index is -0.441. The zero-order chi connectivity index (χ0) is 16.6. The van der Waals surface area contributed by atoms with Crippen LogP contribution in [0.1, 0.15) is 30.9 Å². The molecule has 2 atom stereocenters. The lowest BCUT2D eigenvalue weighted by Gasteiger charge is -2.17. The summed E-state index contributed by atoms with van der Waals surface area (Å²) < 4.78 is 11.6. The lowest BCUT2D eigenvalue weighted by Crippen LogP contribution is -2.29. The second-order valence-corrected chi connectivity index (χ2v) is 7.36. The average molecular weight is 336 g/mol. The van der Waals surface area contributed by atoms with E-state index in [9.17, 15) is 5.11 Å². The number of aliphatic hydroxyl groups excluding tert-OH is 1. The lowest BCUT2D eigenvalue weighted by atomic mass is 10.2. The van der Waals surface area contributed by atoms with Crippen LogP contribution in [0, 0.1) is 13.8 Å². The molecule has 0 aliphatic carbocycles. The van der Waals surface area contributed by atoms with E-state index in [1.807, 2.05) is 20.8 Å². The SMILES string of the molecule is Cc1ccsc1-c1nc(CN2C[C@@H](O)[C@H](OC(C)C)C2)c(C)o1. The molecule has 2 aromatic heterocycles. The summed E-state index contributed by atoms with van der Waals surface area (Å²) in [5, 5.41) is 12.2. The van der Waals surface area contributed by atoms with E-state index in [1.54, 1.807) is 11.3 Å². The van der Waals surface area contributed by atoms with E-state index in [-0.39, 0.29) is 12.2 Å². The predicted molar refractivity (Wildman–Crippen MR) is 90.6 cm³/mol. The fraction of sp³-hybridized carbons (Fsp3) is 0.588. The van der Waals surface area contributed by atoms with Crippen molar-refractivity contribution in [3.8, 4) is 10.8 Å². The highest BCUT2D eigenvalue weighted by Crippen LogP contribution is 2.30. The number of oxazole rings is 1. The summed E-state index contributed by atoms with van der Waals surface area (Å²) in [5.41, 5.74) is 2.12. The van der Waals surface area contributed by atoms with Crippen molar-refractivity contribution >= 4 is 11.3 Å². The first-order chi connectivity index (χ1) is 10.9. The summed E-state index contributed by atoms with van der Waals surface area (Å²) in [6, 6.07) is 2.07. The second kappa shape index (κ2) is 6.73. The van der Waals surface area contributed by atoms with Gasteiger partial charge in [0.2, 0.25) is 5.89 Å². The Bertz CT molecular complexity index is 665. The van der Waals surface area contributed by atoms with Crippen LogP contribution in [0.3, 0.4) is 0 Å². The van der Waals surface area contributed by atoms with Crippen LogP contribution < -0.4 is 0 Å². The Morgan fingerprint density at radius 3 is 2.87 bits per heavy atom. The van der Waals surface area contributed by atoms with Crippen LogP contribution in [0.15, 0.2) is 15.9 Å². The summed E-state index contributed by atoms with van der Waals surface area (Å²) in [6.45, 7) is 10.0. The Balaban J connectivity index is 1.70. The van der Waals surface area contributed by atoms with Gasteiger partial charge in [-0.15, -0.1) is 11.3 Å². The predicted octanol–water partition coefficient (Wildman–Crippen LogP) is 2.99. The molecule has 0 amide bonds. The van der Waals surface area contributed by atoms with Crippen molar-refractivity contribution in [1.29, 1.82) is 0 Å². The standard InChI is InChI=1S/C17H24N2O3S/c1-10(2)21-15-9-19(8-14(15)20)7-13-12(4)22-17(18-13)16-11(3)5-6-23-16/h5-6,10,14-15,20H,7-9H2,1-4H3/t14-,15-/m1/s1. The molecule has 0 unspecified atom stereocenters. The second-order valence-electron chi connectivity index (χ2n) is 6.44. The fourth-order valence-corrected chi connectivity index (χ4v) is 3.77. The van der Waals surface area contributed by atoms with Gasteiger partial charge in [-0.2, -0.15) is 0 Å². The Kier molecular flexibility index (Phi) is 4.87. The van der Waals surface area contributed by atoms with Crippen molar-refractivity contribution in [2.24, 2.45) is 0 Å². The molecular formula is C17H24N2O3S. The van der Waals surface area contributed by atoms with Gasteiger partial charge in [-0.3, -0.25) is 4.90 Å². The highest BCUT2D eigenvalue weighted by atomic mass is 32.1. The third-order valence-electron chi connectivity index (χ3n) is 4.08. The lowest BCUT2D eigenvalue weighted by molar-refractivity contribution is -0.0396. The highest BCUT2D eigenvalue weighted by molar-refractivity contribution is 7.13. The summed E-state index contributed by atoms with van der Waals surface area (Å²) in [4.78, 5) is 7.93. The number of aryl methyl sites for hydroxylation is 2. The van der Waals surface area contributed by atoms with Crippen LogP contribution in [-0.4, -0.2) is 46.4 Å². The summed E-state index contributed by atoms with van der Waals surface area (Å²) >= 11 is 1.65. The molecule has 0 saturated carbocycles. The molecule has 23 heavy (non-hydrogen) atoms. The molecule has 0 aromatic carbocycles. The molecular weight excluding hydrogens is 312 g/mol. The number of aliphatic hydroxyl groups is 1. The van der Waals surface area contributed by atoms with Gasteiger partial charge < -0.3 is 14.3 Å². The molecule has 126 valence electrons. The van der Waals surface area contributed by atoms with Crippen molar-refractivity contribution in [1.82, 2.24) is 9.88 Å². The average Bonchev–Trinajstić information content (AvgIpc) is 3.12. The van der Waals surface area contributed by atoms with Gasteiger partial charge in [0.05, 0.1) is 28.9 Å². The van der Waals surface area contributed by atoms with Gasteiger partial charge in [0.25, 0.3) is 0 Å². The van der Waals surface area contributed by atoms with Crippen molar-refractivity contribution in [3.63, 3.8) is 0 Å². The maximum absolute atomic E-state index is 10.1. The molecule has 2 aromatic rings. The molecule has 1 N–H and O–H groups in total. The van der Waals surface area contributed by atoms with Gasteiger partial charge in [0, 0.05) is 19.6 Å². The van der Waals surface area contributed by atoms with E-state index >= 15 is 0 Å². The molecule has 0 bridgehead atoms. The number of ether oxygens (including phenoxy) is 1. The van der Waals surface area contributed by atoms with E-state index in [2.05, 4.69) is 28.3 Å². The Morgan fingerprint density at radius 1 is 1.43 bits per heavy atom. The number of hydrogen-bond acceptors (Lipinski definition) is 6. The Morgan fingerprint density at radius 2 is 2.22 bits per heavy atom. The van der Waals surface area contributed by atoms with Gasteiger partial charge in [0.15, 0.2) is 0 Å². The van der Waals surface area contributed by atoms with Gasteiger partial charge in [-0.1, -0.05) is 0 Å². The first-order valence-corrected chi connectivity index (χ1v) is 8.88. The maximum Gasteiger partial charge on any atom is 0.237 e. The maximum atomic E-state index is 10.1. The van der Waals surface area contributed by atoms with Gasteiger partial charge in [-0.05, 0) is 44.7 Å². The zero-order valence-electron chi connectivity index (χ0n) is 14.1. The van der Waals surface area contributed by atoms with E-state index < -0.39 is 6.10 Å². The quantitative estimate of drug-likeness (QED) is 0.909. The molecule has 3 rings (SSSR count). The van der Waals surface area contributed by atoms with Crippen LogP contribution in [0.25, 0.3) is 10.8 Å². The number of thiophene rings is 1. The topological polar surface area (TPSA) is 58.7 Å². The van der Waals surface area contributed by atoms with Crippen LogP contribution in [-0.2, 0) is 11.3 Å². The van der Waals surface area contributed by atoms with Gasteiger partial charge in [0.1, 0.15) is 5.76 Å². The third kappa shape index (κ3) is 3.66. The van der Waals surface area contributed by atoms with E-state index in [1.165, 1.54) is 5.56 Å². The zero-order valence-corrected chi connectivity index (χ0v) is 14.9. The summed E-state index contributed by atoms with van der Waals surface area (Å²) in [6.07, 6.45) is -0.443. The monoisotopic (exact) mass is 336 g/mol. The number of likely N-dealkylation sites (tertiary alicyclic amines) is 1. The van der Waals surface area contributed by atoms with E-state index in [0.717, 1.165) is 22.9 Å². The molecule has 3 heterocycles. The number of nitrogens with zero attached hydrogens (tertiary/aromatic N) is 2. The first kappa shape index (κ1) is 16.6. The smallest absolute Gasteiger partial charge is 0.237 e. The first-order valence-electron chi connectivity index (χ1n) is 8.00. The van der Waals surface area contributed by atoms with E-state index in [4.69, 9.17) is 9.15 Å². The Hall–Kier alpha value is -1.21. The minimum absolute atomic E-state index is 0.122. The molecule has 0 radical (unpaired) electrons. The van der Waals surface area contributed by atoms with Crippen LogP contribution >= 0.6 is 11.3 Å². The van der Waals surface area contributed by atoms with E-state index in [0.29, 0.717) is 19.0 Å². The van der Waals surface area contributed by atoms with Gasteiger partial charge in [-0.25, -0.2) is 4.98 Å². The number of rotatable bonds is 5. The summed E-state index contributed by atoms with van der Waals surface area (Å²) in [5.74, 6) is 1.54. The number of β-amino-alcohol motifs (C(OH)–C–C–N with tert-alkyl or cyclic N) is 1. The van der Waals surface area contributed by atoms with Crippen molar-refractivity contribution in [3.05, 3.63) is 28.5 Å². The fourth-order valence-electron chi connectivity index (χ4n) is 2.92. The highest BCUT2D eigenvalue weighted by Gasteiger charge is 2.33. The molecule has 1 aliphatic rings. The normalized spacial score (nSPS) is 22.3. The number of aromatic nitrogens is 1. The van der Waals surface area contributed by atoms with Crippen molar-refractivity contribution in [2.75, 3.05) is 13.1 Å². The van der Waals surface area contributed by atoms with Gasteiger partial charge >= 0.3 is 0 Å². The molecule has 1 aliphatic heterocycles. The minimum Gasteiger partial charge on any atom is -0.440 e. The Labute approximate surface area is 140 Å². The third-order valence-corrected chi connectivity index (χ3v) is 5.09. The van der Waals surface area contributed by atoms with Crippen LogP contribution in [0.5, 0.6) is 0 Å². The number of hydrogen-bond donors (Lipinski definition) is 1. The summed E-state index contributed by atoms with van der Waals surface area (Å²) in [7, 11) is 0. The van der Waals surface area contributed by atoms with Crippen LogP contribution in [0.2, 0.25) is 0 Å². The molecule has 5 nitrogen and oxygen atoms in total.